The summed E-state index contributed by atoms with van der Waals surface area (Å²) in [5.41, 5.74) is 2.39. The van der Waals surface area contributed by atoms with E-state index in [1.165, 1.54) is 31.2 Å². The first-order chi connectivity index (χ1) is 10.3. The normalized spacial score (nSPS) is 10.8. The minimum Gasteiger partial charge on any atom is -0.478 e. The molecular weight excluding hydrogens is 260 g/mol. The van der Waals surface area contributed by atoms with Crippen molar-refractivity contribution in [2.24, 2.45) is 0 Å². The molecule has 0 aromatic carbocycles. The Morgan fingerprint density at radius 3 is 2.52 bits per heavy atom. The summed E-state index contributed by atoms with van der Waals surface area (Å²) in [6.07, 6.45) is 8.43. The molecule has 0 saturated heterocycles. The lowest BCUT2D eigenvalue weighted by atomic mass is 10.2. The van der Waals surface area contributed by atoms with E-state index in [-0.39, 0.29) is 0 Å². The first kappa shape index (κ1) is 18.0. The third-order valence-corrected chi connectivity index (χ3v) is 3.53. The van der Waals surface area contributed by atoms with Crippen LogP contribution in [-0.2, 0) is 13.0 Å². The number of aromatic nitrogens is 1. The zero-order valence-corrected chi connectivity index (χ0v) is 14.1. The second kappa shape index (κ2) is 11.6. The maximum atomic E-state index is 5.84. The predicted octanol–water partition coefficient (Wildman–Crippen LogP) is 4.49. The number of nitrogens with one attached hydrogen (secondary N) is 1. The van der Waals surface area contributed by atoms with Crippen LogP contribution < -0.4 is 10.1 Å². The van der Waals surface area contributed by atoms with Gasteiger partial charge in [0.25, 0.3) is 0 Å². The van der Waals surface area contributed by atoms with Crippen LogP contribution in [0, 0.1) is 0 Å². The molecule has 0 spiro atoms. The highest BCUT2D eigenvalue weighted by molar-refractivity contribution is 5.25. The van der Waals surface area contributed by atoms with Crippen LogP contribution in [0.1, 0.15) is 70.6 Å². The largest absolute Gasteiger partial charge is 0.478 e. The molecule has 0 amide bonds. The van der Waals surface area contributed by atoms with Crippen molar-refractivity contribution in [2.45, 2.75) is 72.3 Å². The van der Waals surface area contributed by atoms with Crippen molar-refractivity contribution < 1.29 is 4.74 Å². The van der Waals surface area contributed by atoms with Gasteiger partial charge in [-0.05, 0) is 37.4 Å². The highest BCUT2D eigenvalue weighted by Crippen LogP contribution is 2.14. The lowest BCUT2D eigenvalue weighted by molar-refractivity contribution is 0.292. The molecule has 0 atom stereocenters. The molecule has 0 bridgehead atoms. The SMILES string of the molecule is CCCCCCCOc1cc(CNCCC)cc(CC)n1. The number of hydrogen-bond donors (Lipinski definition) is 1. The van der Waals surface area contributed by atoms with Gasteiger partial charge in [0.15, 0.2) is 0 Å². The second-order valence-electron chi connectivity index (χ2n) is 5.60. The van der Waals surface area contributed by atoms with E-state index < -0.39 is 0 Å². The summed E-state index contributed by atoms with van der Waals surface area (Å²) >= 11 is 0. The van der Waals surface area contributed by atoms with Crippen LogP contribution >= 0.6 is 0 Å². The maximum absolute atomic E-state index is 5.84. The Labute approximate surface area is 130 Å². The summed E-state index contributed by atoms with van der Waals surface area (Å²) in [5, 5.41) is 3.44. The molecular formula is C18H32N2O. The highest BCUT2D eigenvalue weighted by atomic mass is 16.5. The standard InChI is InChI=1S/C18H32N2O/c1-4-7-8-9-10-12-21-18-14-16(15-19-11-5-2)13-17(6-3)20-18/h13-14,19H,4-12,15H2,1-3H3. The second-order valence-corrected chi connectivity index (χ2v) is 5.60. The lowest BCUT2D eigenvalue weighted by Crippen LogP contribution is -2.14. The molecule has 120 valence electrons. The lowest BCUT2D eigenvalue weighted by Gasteiger charge is -2.10. The Kier molecular flexibility index (Phi) is 9.88. The molecule has 0 radical (unpaired) electrons. The van der Waals surface area contributed by atoms with Crippen LogP contribution in [0.25, 0.3) is 0 Å². The quantitative estimate of drug-likeness (QED) is 0.576. The first-order valence-corrected chi connectivity index (χ1v) is 8.63. The third kappa shape index (κ3) is 8.05. The molecule has 0 aliphatic heterocycles. The van der Waals surface area contributed by atoms with Gasteiger partial charge in [0, 0.05) is 18.3 Å². The van der Waals surface area contributed by atoms with E-state index in [0.717, 1.165) is 50.5 Å². The van der Waals surface area contributed by atoms with Gasteiger partial charge in [-0.15, -0.1) is 0 Å². The van der Waals surface area contributed by atoms with Gasteiger partial charge in [0.1, 0.15) is 0 Å². The molecule has 1 heterocycles. The third-order valence-electron chi connectivity index (χ3n) is 3.53. The van der Waals surface area contributed by atoms with E-state index in [1.807, 2.05) is 0 Å². The first-order valence-electron chi connectivity index (χ1n) is 8.63. The number of aryl methyl sites for hydroxylation is 1. The molecule has 1 rings (SSSR count). The van der Waals surface area contributed by atoms with Gasteiger partial charge in [0.05, 0.1) is 6.61 Å². The number of hydrogen-bond acceptors (Lipinski definition) is 3. The summed E-state index contributed by atoms with van der Waals surface area (Å²) in [7, 11) is 0. The molecule has 21 heavy (non-hydrogen) atoms. The molecule has 1 aromatic heterocycles. The fourth-order valence-corrected chi connectivity index (χ4v) is 2.27. The van der Waals surface area contributed by atoms with Crippen molar-refractivity contribution in [3.05, 3.63) is 23.4 Å². The van der Waals surface area contributed by atoms with Crippen LogP contribution in [0.4, 0.5) is 0 Å². The van der Waals surface area contributed by atoms with Crippen molar-refractivity contribution in [1.82, 2.24) is 10.3 Å². The van der Waals surface area contributed by atoms with Gasteiger partial charge in [-0.25, -0.2) is 4.98 Å². The van der Waals surface area contributed by atoms with Gasteiger partial charge in [0.2, 0.25) is 5.88 Å². The van der Waals surface area contributed by atoms with Crippen molar-refractivity contribution in [2.75, 3.05) is 13.2 Å². The van der Waals surface area contributed by atoms with E-state index >= 15 is 0 Å². The zero-order chi connectivity index (χ0) is 15.3. The van der Waals surface area contributed by atoms with Gasteiger partial charge in [-0.3, -0.25) is 0 Å². The van der Waals surface area contributed by atoms with Crippen LogP contribution in [0.5, 0.6) is 5.88 Å². The number of ether oxygens (including phenoxy) is 1. The van der Waals surface area contributed by atoms with Crippen LogP contribution in [-0.4, -0.2) is 18.1 Å². The van der Waals surface area contributed by atoms with Crippen LogP contribution in [0.15, 0.2) is 12.1 Å². The molecule has 1 N–H and O–H groups in total. The fourth-order valence-electron chi connectivity index (χ4n) is 2.27. The molecule has 1 aromatic rings. The highest BCUT2D eigenvalue weighted by Gasteiger charge is 2.03. The average Bonchev–Trinajstić information content (AvgIpc) is 2.51. The Morgan fingerprint density at radius 1 is 1.00 bits per heavy atom. The van der Waals surface area contributed by atoms with E-state index in [9.17, 15) is 0 Å². The maximum Gasteiger partial charge on any atom is 0.213 e. The van der Waals surface area contributed by atoms with Gasteiger partial charge in [-0.1, -0.05) is 46.5 Å². The zero-order valence-electron chi connectivity index (χ0n) is 14.1. The van der Waals surface area contributed by atoms with Crippen LogP contribution in [0.2, 0.25) is 0 Å². The average molecular weight is 292 g/mol. The van der Waals surface area contributed by atoms with Gasteiger partial charge < -0.3 is 10.1 Å². The summed E-state index contributed by atoms with van der Waals surface area (Å²) in [4.78, 5) is 4.56. The van der Waals surface area contributed by atoms with Crippen molar-refractivity contribution >= 4 is 0 Å². The molecule has 3 heteroatoms. The molecule has 0 fully saturated rings. The topological polar surface area (TPSA) is 34.1 Å². The van der Waals surface area contributed by atoms with E-state index in [0.29, 0.717) is 0 Å². The predicted molar refractivity (Wildman–Crippen MR) is 89.9 cm³/mol. The molecule has 0 aliphatic carbocycles. The number of pyridine rings is 1. The van der Waals surface area contributed by atoms with E-state index in [1.54, 1.807) is 0 Å². The molecule has 0 saturated carbocycles. The monoisotopic (exact) mass is 292 g/mol. The minimum absolute atomic E-state index is 0.783. The van der Waals surface area contributed by atoms with E-state index in [2.05, 4.69) is 43.2 Å². The Hall–Kier alpha value is -1.09. The van der Waals surface area contributed by atoms with Crippen molar-refractivity contribution in [3.63, 3.8) is 0 Å². The summed E-state index contributed by atoms with van der Waals surface area (Å²) in [5.74, 6) is 0.790. The Bertz CT molecular complexity index is 379. The number of rotatable bonds is 12. The molecule has 0 unspecified atom stereocenters. The van der Waals surface area contributed by atoms with Gasteiger partial charge in [-0.2, -0.15) is 0 Å². The van der Waals surface area contributed by atoms with Crippen LogP contribution in [0.3, 0.4) is 0 Å². The summed E-state index contributed by atoms with van der Waals surface area (Å²) in [6, 6.07) is 4.25. The summed E-state index contributed by atoms with van der Waals surface area (Å²) in [6.45, 7) is 9.30. The Balaban J connectivity index is 2.42. The smallest absolute Gasteiger partial charge is 0.213 e. The van der Waals surface area contributed by atoms with Crippen molar-refractivity contribution in [1.29, 1.82) is 0 Å². The summed E-state index contributed by atoms with van der Waals surface area (Å²) < 4.78 is 5.84. The van der Waals surface area contributed by atoms with Gasteiger partial charge >= 0.3 is 0 Å². The van der Waals surface area contributed by atoms with E-state index in [4.69, 9.17) is 4.74 Å². The molecule has 3 nitrogen and oxygen atoms in total. The molecule has 0 aliphatic rings. The fraction of sp³-hybridized carbons (Fsp3) is 0.722. The van der Waals surface area contributed by atoms with Crippen molar-refractivity contribution in [3.8, 4) is 5.88 Å². The number of nitrogens with zero attached hydrogens (tertiary/aromatic N) is 1. The Morgan fingerprint density at radius 2 is 1.81 bits per heavy atom. The number of unbranched alkanes of at least 4 members (excludes halogenated alkanes) is 4. The minimum atomic E-state index is 0.783.